The van der Waals surface area contributed by atoms with E-state index in [2.05, 4.69) is 22.5 Å². The number of nitrogens with zero attached hydrogens (tertiary/aromatic N) is 1. The molecule has 2 aromatic carbocycles. The van der Waals surface area contributed by atoms with Gasteiger partial charge in [0.05, 0.1) is 0 Å². The Balaban J connectivity index is 0. The third-order valence-corrected chi connectivity index (χ3v) is 3.85. The lowest BCUT2D eigenvalue weighted by Gasteiger charge is -2.07. The van der Waals surface area contributed by atoms with Crippen LogP contribution in [0.5, 0.6) is 0 Å². The number of hydrogen-bond donors (Lipinski definition) is 2. The summed E-state index contributed by atoms with van der Waals surface area (Å²) in [6.45, 7) is 5.83. The number of nitrogens with one attached hydrogen (secondary N) is 2. The molecular weight excluding hydrogens is 378 g/mol. The van der Waals surface area contributed by atoms with E-state index in [9.17, 15) is 14.4 Å². The Bertz CT molecular complexity index is 971. The lowest BCUT2D eigenvalue weighted by atomic mass is 10.1. The van der Waals surface area contributed by atoms with Gasteiger partial charge in [-0.2, -0.15) is 5.26 Å². The predicted molar refractivity (Wildman–Crippen MR) is 121 cm³/mol. The van der Waals surface area contributed by atoms with E-state index in [0.29, 0.717) is 35.3 Å². The number of anilines is 1. The minimum Gasteiger partial charge on any atom is -0.352 e. The van der Waals surface area contributed by atoms with E-state index < -0.39 is 0 Å². The highest BCUT2D eigenvalue weighted by molar-refractivity contribution is 5.97. The van der Waals surface area contributed by atoms with Crippen LogP contribution < -0.4 is 10.6 Å². The summed E-state index contributed by atoms with van der Waals surface area (Å²) in [4.78, 5) is 35.2. The van der Waals surface area contributed by atoms with Gasteiger partial charge in [-0.3, -0.25) is 14.4 Å². The van der Waals surface area contributed by atoms with Gasteiger partial charge in [0, 0.05) is 44.1 Å². The summed E-state index contributed by atoms with van der Waals surface area (Å²) in [5.41, 5.74) is 2.35. The topological polar surface area (TPSA) is 99.1 Å². The lowest BCUT2D eigenvalue weighted by Crippen LogP contribution is -2.25. The molecule has 6 heteroatoms. The molecule has 0 aromatic heterocycles. The molecule has 0 aliphatic heterocycles. The Labute approximate surface area is 180 Å². The maximum absolute atomic E-state index is 12.0. The van der Waals surface area contributed by atoms with E-state index in [1.165, 1.54) is 6.92 Å². The SMILES string of the molecule is CC.CC(=O)c1ccc(C(=O)NCCCC(=O)Nc2ccc(C#CC#N)cc2)cc1.[HH].[HH]. The van der Waals surface area contributed by atoms with Crippen LogP contribution in [0.15, 0.2) is 48.5 Å². The molecule has 0 heterocycles. The summed E-state index contributed by atoms with van der Waals surface area (Å²) in [6.07, 6.45) is 0.758. The number of rotatable bonds is 7. The third kappa shape index (κ3) is 8.41. The van der Waals surface area contributed by atoms with Gasteiger partial charge in [0.25, 0.3) is 5.91 Å². The first-order chi connectivity index (χ1) is 14.5. The second-order valence-electron chi connectivity index (χ2n) is 5.98. The summed E-state index contributed by atoms with van der Waals surface area (Å²) < 4.78 is 0. The standard InChI is InChI=1S/C22H19N3O3.C2H6.2H2/c1-16(26)18-8-10-19(11-9-18)22(28)24-15-3-5-21(27)25-20-12-6-17(7-13-20)4-2-14-23;1-2;;/h6-13H,3,5,15H2,1H3,(H,24,28)(H,25,27);1-2H3;2*1H. The Morgan fingerprint density at radius 1 is 0.967 bits per heavy atom. The quantitative estimate of drug-likeness (QED) is 0.403. The molecule has 0 radical (unpaired) electrons. The van der Waals surface area contributed by atoms with E-state index in [0.717, 1.165) is 0 Å². The highest BCUT2D eigenvalue weighted by Crippen LogP contribution is 2.10. The molecule has 0 aliphatic carbocycles. The highest BCUT2D eigenvalue weighted by Gasteiger charge is 2.07. The lowest BCUT2D eigenvalue weighted by molar-refractivity contribution is -0.116. The predicted octanol–water partition coefficient (Wildman–Crippen LogP) is 4.43. The monoisotopic (exact) mass is 407 g/mol. The average Bonchev–Trinajstić information content (AvgIpc) is 2.77. The molecule has 158 valence electrons. The molecule has 0 aliphatic rings. The minimum absolute atomic E-state index is 0. The average molecular weight is 408 g/mol. The van der Waals surface area contributed by atoms with Crippen molar-refractivity contribution in [2.75, 3.05) is 11.9 Å². The molecule has 0 bridgehead atoms. The second-order valence-corrected chi connectivity index (χ2v) is 5.98. The van der Waals surface area contributed by atoms with Gasteiger partial charge < -0.3 is 10.6 Å². The van der Waals surface area contributed by atoms with Gasteiger partial charge in [-0.1, -0.05) is 31.9 Å². The van der Waals surface area contributed by atoms with Crippen molar-refractivity contribution in [3.8, 4) is 17.9 Å². The maximum Gasteiger partial charge on any atom is 0.251 e. The molecule has 2 N–H and O–H groups in total. The van der Waals surface area contributed by atoms with Gasteiger partial charge in [0.1, 0.15) is 0 Å². The van der Waals surface area contributed by atoms with E-state index >= 15 is 0 Å². The first-order valence-electron chi connectivity index (χ1n) is 9.69. The van der Waals surface area contributed by atoms with Gasteiger partial charge in [-0.25, -0.2) is 0 Å². The van der Waals surface area contributed by atoms with Crippen LogP contribution in [0.3, 0.4) is 0 Å². The Morgan fingerprint density at radius 2 is 1.57 bits per heavy atom. The Hall–Kier alpha value is -3.90. The van der Waals surface area contributed by atoms with Gasteiger partial charge in [0.2, 0.25) is 5.91 Å². The van der Waals surface area contributed by atoms with Crippen LogP contribution in [-0.2, 0) is 4.79 Å². The van der Waals surface area contributed by atoms with Crippen LogP contribution in [0.1, 0.15) is 62.7 Å². The fraction of sp³-hybridized carbons (Fsp3) is 0.250. The summed E-state index contributed by atoms with van der Waals surface area (Å²) >= 11 is 0. The molecule has 2 rings (SSSR count). The summed E-state index contributed by atoms with van der Waals surface area (Å²) in [5, 5.41) is 13.9. The summed E-state index contributed by atoms with van der Waals surface area (Å²) in [6, 6.07) is 15.0. The van der Waals surface area contributed by atoms with Gasteiger partial charge in [0.15, 0.2) is 11.9 Å². The van der Waals surface area contributed by atoms with Crippen molar-refractivity contribution in [2.45, 2.75) is 33.6 Å². The van der Waals surface area contributed by atoms with Crippen molar-refractivity contribution in [2.24, 2.45) is 0 Å². The number of nitriles is 1. The fourth-order valence-electron chi connectivity index (χ4n) is 2.37. The number of carbonyl (C=O) groups is 3. The van der Waals surface area contributed by atoms with E-state index in [-0.39, 0.29) is 26.9 Å². The van der Waals surface area contributed by atoms with Gasteiger partial charge >= 0.3 is 0 Å². The van der Waals surface area contributed by atoms with Crippen molar-refractivity contribution in [1.29, 1.82) is 5.26 Å². The molecule has 6 nitrogen and oxygen atoms in total. The largest absolute Gasteiger partial charge is 0.352 e. The number of carbonyl (C=O) groups excluding carboxylic acids is 3. The Kier molecular flexibility index (Phi) is 10.7. The van der Waals surface area contributed by atoms with Crippen molar-refractivity contribution >= 4 is 23.3 Å². The molecule has 0 saturated carbocycles. The van der Waals surface area contributed by atoms with E-state index in [1.807, 2.05) is 13.8 Å². The number of hydrogen-bond acceptors (Lipinski definition) is 4. The van der Waals surface area contributed by atoms with Crippen LogP contribution in [0, 0.1) is 23.2 Å². The highest BCUT2D eigenvalue weighted by atomic mass is 16.2. The molecule has 0 atom stereocenters. The second kappa shape index (κ2) is 13.3. The van der Waals surface area contributed by atoms with Crippen LogP contribution in [0.2, 0.25) is 0 Å². The van der Waals surface area contributed by atoms with Gasteiger partial charge in [-0.05, 0) is 49.7 Å². The van der Waals surface area contributed by atoms with Crippen molar-refractivity contribution in [3.05, 3.63) is 65.2 Å². The van der Waals surface area contributed by atoms with E-state index in [4.69, 9.17) is 5.26 Å². The molecule has 0 unspecified atom stereocenters. The number of amides is 2. The first kappa shape index (κ1) is 24.1. The maximum atomic E-state index is 12.0. The van der Waals surface area contributed by atoms with Crippen LogP contribution in [0.25, 0.3) is 0 Å². The number of ketones is 1. The first-order valence-corrected chi connectivity index (χ1v) is 9.69. The van der Waals surface area contributed by atoms with E-state index in [1.54, 1.807) is 54.6 Å². The summed E-state index contributed by atoms with van der Waals surface area (Å²) in [7, 11) is 0. The molecule has 0 saturated heterocycles. The molecule has 2 aromatic rings. The normalized spacial score (nSPS) is 9.00. The number of Topliss-reactive ketones (excluding diaryl/α,β-unsaturated/α-hetero) is 1. The summed E-state index contributed by atoms with van der Waals surface area (Å²) in [5.74, 6) is 4.52. The van der Waals surface area contributed by atoms with Crippen LogP contribution in [-0.4, -0.2) is 24.1 Å². The van der Waals surface area contributed by atoms with Crippen molar-refractivity contribution in [3.63, 3.8) is 0 Å². The fourth-order valence-corrected chi connectivity index (χ4v) is 2.37. The van der Waals surface area contributed by atoms with Crippen molar-refractivity contribution in [1.82, 2.24) is 5.32 Å². The number of benzene rings is 2. The molecular formula is C24H29N3O3. The minimum atomic E-state index is -0.246. The Morgan fingerprint density at radius 3 is 2.13 bits per heavy atom. The molecule has 0 spiro atoms. The van der Waals surface area contributed by atoms with Gasteiger partial charge in [-0.15, -0.1) is 0 Å². The molecule has 2 amide bonds. The molecule has 0 fully saturated rings. The zero-order valence-corrected chi connectivity index (χ0v) is 17.4. The smallest absolute Gasteiger partial charge is 0.251 e. The zero-order valence-electron chi connectivity index (χ0n) is 17.4. The molecule has 30 heavy (non-hydrogen) atoms. The zero-order chi connectivity index (χ0) is 22.4. The van der Waals surface area contributed by atoms with Crippen LogP contribution >= 0.6 is 0 Å². The van der Waals surface area contributed by atoms with Crippen LogP contribution in [0.4, 0.5) is 5.69 Å². The third-order valence-electron chi connectivity index (χ3n) is 3.85. The van der Waals surface area contributed by atoms with Crippen molar-refractivity contribution < 1.29 is 17.2 Å².